The minimum atomic E-state index is 0.759. The molecule has 0 unspecified atom stereocenters. The van der Waals surface area contributed by atoms with E-state index in [2.05, 4.69) is 18.3 Å². The molecule has 2 rings (SSSR count). The third-order valence-corrected chi connectivity index (χ3v) is 1.73. The molecule has 0 bridgehead atoms. The van der Waals surface area contributed by atoms with Gasteiger partial charge in [-0.15, -0.1) is 0 Å². The van der Waals surface area contributed by atoms with Gasteiger partial charge in [0.1, 0.15) is 6.20 Å². The summed E-state index contributed by atoms with van der Waals surface area (Å²) < 4.78 is 4.95. The Bertz CT molecular complexity index is 348. The fraction of sp³-hybridized carbons (Fsp3) is 0.100. The predicted octanol–water partition coefficient (Wildman–Crippen LogP) is 2.45. The van der Waals surface area contributed by atoms with Crippen LogP contribution in [0.2, 0.25) is 0 Å². The van der Waals surface area contributed by atoms with Crippen molar-refractivity contribution >= 4 is 0 Å². The molecule has 0 aliphatic heterocycles. The van der Waals surface area contributed by atoms with Crippen LogP contribution in [0.5, 0.6) is 0 Å². The average Bonchev–Trinajstić information content (AvgIpc) is 2.58. The number of nitrogens with zero attached hydrogens (tertiary/aromatic N) is 1. The zero-order valence-electron chi connectivity index (χ0n) is 6.74. The summed E-state index contributed by atoms with van der Waals surface area (Å²) in [5, 5.41) is 3.52. The number of hydrogen-bond donors (Lipinski definition) is 0. The van der Waals surface area contributed by atoms with Crippen LogP contribution < -0.4 is 0 Å². The van der Waals surface area contributed by atoms with Crippen molar-refractivity contribution in [2.75, 3.05) is 0 Å². The van der Waals surface area contributed by atoms with Gasteiger partial charge in [0.2, 0.25) is 0 Å². The van der Waals surface area contributed by atoms with Crippen LogP contribution in [0.25, 0.3) is 11.3 Å². The Hall–Kier alpha value is -1.57. The van der Waals surface area contributed by atoms with Gasteiger partial charge in [0.15, 0.2) is 5.76 Å². The first-order chi connectivity index (χ1) is 5.86. The number of hydrogen-bond acceptors (Lipinski definition) is 2. The van der Waals surface area contributed by atoms with Crippen molar-refractivity contribution in [1.29, 1.82) is 0 Å². The molecule has 12 heavy (non-hydrogen) atoms. The summed E-state index contributed by atoms with van der Waals surface area (Å²) in [4.78, 5) is 0. The monoisotopic (exact) mass is 158 g/mol. The highest BCUT2D eigenvalue weighted by molar-refractivity contribution is 5.56. The topological polar surface area (TPSA) is 26.0 Å². The molecule has 1 heterocycles. The molecule has 0 N–H and O–H groups in total. The van der Waals surface area contributed by atoms with E-state index in [1.165, 1.54) is 5.56 Å². The van der Waals surface area contributed by atoms with Gasteiger partial charge in [-0.2, -0.15) is 0 Å². The van der Waals surface area contributed by atoms with Gasteiger partial charge in [-0.05, 0) is 6.92 Å². The standard InChI is InChI=1S/C10H8NO/c1-8-2-4-9(5-3-8)10-6-7-11-12-10/h2-6H,1H3. The lowest BCUT2D eigenvalue weighted by Gasteiger charge is -1.94. The highest BCUT2D eigenvalue weighted by Crippen LogP contribution is 2.17. The van der Waals surface area contributed by atoms with Crippen molar-refractivity contribution in [3.63, 3.8) is 0 Å². The summed E-state index contributed by atoms with van der Waals surface area (Å²) in [6.45, 7) is 2.05. The SMILES string of the molecule is Cc1ccc(-c2c[c]no2)cc1. The first-order valence-corrected chi connectivity index (χ1v) is 3.76. The molecular weight excluding hydrogens is 150 g/mol. The fourth-order valence-corrected chi connectivity index (χ4v) is 1.04. The van der Waals surface area contributed by atoms with Crippen molar-refractivity contribution < 1.29 is 4.52 Å². The molecule has 2 heteroatoms. The molecule has 0 saturated heterocycles. The second kappa shape index (κ2) is 2.81. The van der Waals surface area contributed by atoms with Gasteiger partial charge in [0.25, 0.3) is 0 Å². The van der Waals surface area contributed by atoms with E-state index >= 15 is 0 Å². The van der Waals surface area contributed by atoms with Gasteiger partial charge >= 0.3 is 0 Å². The molecule has 0 amide bonds. The Morgan fingerprint density at radius 1 is 1.25 bits per heavy atom. The van der Waals surface area contributed by atoms with Crippen LogP contribution in [0, 0.1) is 13.1 Å². The molecule has 1 aromatic heterocycles. The number of rotatable bonds is 1. The van der Waals surface area contributed by atoms with Gasteiger partial charge in [0.05, 0.1) is 0 Å². The van der Waals surface area contributed by atoms with E-state index in [0.717, 1.165) is 11.3 Å². The Balaban J connectivity index is 2.43. The third-order valence-electron chi connectivity index (χ3n) is 1.73. The maximum absolute atomic E-state index is 4.95. The van der Waals surface area contributed by atoms with Crippen molar-refractivity contribution in [3.8, 4) is 11.3 Å². The van der Waals surface area contributed by atoms with E-state index in [1.54, 1.807) is 6.07 Å². The summed E-state index contributed by atoms with van der Waals surface area (Å²) in [6.07, 6.45) is 2.63. The molecule has 59 valence electrons. The molecule has 0 aliphatic rings. The summed E-state index contributed by atoms with van der Waals surface area (Å²) in [6, 6.07) is 9.81. The Labute approximate surface area is 70.8 Å². The minimum absolute atomic E-state index is 0.759. The second-order valence-corrected chi connectivity index (χ2v) is 2.69. The van der Waals surface area contributed by atoms with Gasteiger partial charge in [-0.3, -0.25) is 0 Å². The van der Waals surface area contributed by atoms with Crippen LogP contribution in [0.15, 0.2) is 34.9 Å². The molecule has 1 radical (unpaired) electrons. The average molecular weight is 158 g/mol. The first kappa shape index (κ1) is 7.10. The molecule has 2 aromatic rings. The second-order valence-electron chi connectivity index (χ2n) is 2.69. The van der Waals surface area contributed by atoms with Crippen molar-refractivity contribution in [2.45, 2.75) is 6.92 Å². The number of aromatic nitrogens is 1. The summed E-state index contributed by atoms with van der Waals surface area (Å²) in [5.74, 6) is 0.759. The third kappa shape index (κ3) is 1.23. The lowest BCUT2D eigenvalue weighted by molar-refractivity contribution is 0.431. The summed E-state index contributed by atoms with van der Waals surface area (Å²) >= 11 is 0. The van der Waals surface area contributed by atoms with E-state index < -0.39 is 0 Å². The van der Waals surface area contributed by atoms with Gasteiger partial charge in [-0.25, -0.2) is 0 Å². The van der Waals surface area contributed by atoms with Gasteiger partial charge in [-0.1, -0.05) is 35.0 Å². The number of benzene rings is 1. The smallest absolute Gasteiger partial charge is 0.167 e. The normalized spacial score (nSPS) is 10.1. The van der Waals surface area contributed by atoms with E-state index in [9.17, 15) is 0 Å². The van der Waals surface area contributed by atoms with Crippen LogP contribution >= 0.6 is 0 Å². The zero-order chi connectivity index (χ0) is 8.39. The Morgan fingerprint density at radius 2 is 2.00 bits per heavy atom. The molecule has 0 spiro atoms. The van der Waals surface area contributed by atoms with Gasteiger partial charge < -0.3 is 4.52 Å². The lowest BCUT2D eigenvalue weighted by atomic mass is 10.1. The Kier molecular flexibility index (Phi) is 1.67. The van der Waals surface area contributed by atoms with Gasteiger partial charge in [0, 0.05) is 11.6 Å². The van der Waals surface area contributed by atoms with Crippen molar-refractivity contribution in [2.24, 2.45) is 0 Å². The van der Waals surface area contributed by atoms with Crippen molar-refractivity contribution in [1.82, 2.24) is 5.16 Å². The van der Waals surface area contributed by atoms with Crippen LogP contribution in [-0.2, 0) is 0 Å². The fourth-order valence-electron chi connectivity index (χ4n) is 1.04. The maximum atomic E-state index is 4.95. The summed E-state index contributed by atoms with van der Waals surface area (Å²) in [7, 11) is 0. The largest absolute Gasteiger partial charge is 0.356 e. The predicted molar refractivity (Wildman–Crippen MR) is 45.5 cm³/mol. The van der Waals surface area contributed by atoms with E-state index in [-0.39, 0.29) is 0 Å². The number of aryl methyl sites for hydroxylation is 1. The Morgan fingerprint density at radius 3 is 2.58 bits per heavy atom. The molecule has 0 fully saturated rings. The maximum Gasteiger partial charge on any atom is 0.167 e. The van der Waals surface area contributed by atoms with E-state index in [1.807, 2.05) is 24.3 Å². The quantitative estimate of drug-likeness (QED) is 0.637. The van der Waals surface area contributed by atoms with Crippen LogP contribution in [0.1, 0.15) is 5.56 Å². The molecular formula is C10H8NO. The van der Waals surface area contributed by atoms with Crippen LogP contribution in [0.4, 0.5) is 0 Å². The zero-order valence-corrected chi connectivity index (χ0v) is 6.74. The summed E-state index contributed by atoms with van der Waals surface area (Å²) in [5.41, 5.74) is 2.27. The molecule has 0 saturated carbocycles. The first-order valence-electron chi connectivity index (χ1n) is 3.76. The van der Waals surface area contributed by atoms with E-state index in [4.69, 9.17) is 4.52 Å². The minimum Gasteiger partial charge on any atom is -0.356 e. The lowest BCUT2D eigenvalue weighted by Crippen LogP contribution is -1.74. The van der Waals surface area contributed by atoms with Crippen molar-refractivity contribution in [3.05, 3.63) is 42.1 Å². The molecule has 2 nitrogen and oxygen atoms in total. The highest BCUT2D eigenvalue weighted by Gasteiger charge is 1.99. The van der Waals surface area contributed by atoms with Crippen LogP contribution in [0.3, 0.4) is 0 Å². The molecule has 0 aliphatic carbocycles. The molecule has 0 atom stereocenters. The van der Waals surface area contributed by atoms with E-state index in [0.29, 0.717) is 0 Å². The molecule has 1 aromatic carbocycles. The van der Waals surface area contributed by atoms with Crippen LogP contribution in [-0.4, -0.2) is 5.16 Å². The highest BCUT2D eigenvalue weighted by atomic mass is 16.5.